The smallest absolute Gasteiger partial charge is 0.242 e. The van der Waals surface area contributed by atoms with Gasteiger partial charge in [-0.05, 0) is 38.8 Å². The van der Waals surface area contributed by atoms with Gasteiger partial charge in [0.2, 0.25) is 11.8 Å². The van der Waals surface area contributed by atoms with Gasteiger partial charge in [0.05, 0.1) is 12.3 Å². The molecule has 0 aliphatic rings. The van der Waals surface area contributed by atoms with E-state index in [-0.39, 0.29) is 18.0 Å². The van der Waals surface area contributed by atoms with Gasteiger partial charge in [0.1, 0.15) is 11.9 Å². The largest absolute Gasteiger partial charge is 0.476 e. The summed E-state index contributed by atoms with van der Waals surface area (Å²) in [5, 5.41) is 5.89. The molecule has 118 valence electrons. The van der Waals surface area contributed by atoms with Crippen LogP contribution in [0.25, 0.3) is 0 Å². The van der Waals surface area contributed by atoms with Crippen molar-refractivity contribution in [2.75, 3.05) is 17.7 Å². The third-order valence-electron chi connectivity index (χ3n) is 2.63. The average Bonchev–Trinajstić information content (AvgIpc) is 2.38. The third-order valence-corrected chi connectivity index (χ3v) is 2.63. The molecule has 1 unspecified atom stereocenters. The predicted octanol–water partition coefficient (Wildman–Crippen LogP) is 2.02. The number of nitrogens with two attached hydrogens (primary N) is 1. The summed E-state index contributed by atoms with van der Waals surface area (Å²) in [6.45, 7) is 10.3. The minimum Gasteiger partial charge on any atom is -0.476 e. The van der Waals surface area contributed by atoms with Crippen molar-refractivity contribution >= 4 is 17.4 Å². The SMILES string of the molecule is CC(C)COc1nc(NC(C)C(=O)NC(C)C)ccc1N. The molecule has 6 heteroatoms. The first-order valence-electron chi connectivity index (χ1n) is 7.25. The second-order valence-corrected chi connectivity index (χ2v) is 5.83. The van der Waals surface area contributed by atoms with E-state index in [1.54, 1.807) is 19.1 Å². The molecule has 1 amide bonds. The van der Waals surface area contributed by atoms with E-state index in [1.165, 1.54) is 0 Å². The van der Waals surface area contributed by atoms with E-state index < -0.39 is 0 Å². The summed E-state index contributed by atoms with van der Waals surface area (Å²) in [6.07, 6.45) is 0. The number of carbonyl (C=O) groups is 1. The average molecular weight is 294 g/mol. The number of hydrogen-bond acceptors (Lipinski definition) is 5. The van der Waals surface area contributed by atoms with E-state index in [4.69, 9.17) is 10.5 Å². The lowest BCUT2D eigenvalue weighted by atomic mass is 10.2. The van der Waals surface area contributed by atoms with Crippen LogP contribution in [-0.2, 0) is 4.79 Å². The Kier molecular flexibility index (Phi) is 6.27. The van der Waals surface area contributed by atoms with Crippen molar-refractivity contribution < 1.29 is 9.53 Å². The Morgan fingerprint density at radius 3 is 2.52 bits per heavy atom. The number of rotatable bonds is 7. The number of aromatic nitrogens is 1. The molecule has 0 saturated carbocycles. The van der Waals surface area contributed by atoms with Crippen molar-refractivity contribution in [2.45, 2.75) is 46.7 Å². The maximum Gasteiger partial charge on any atom is 0.242 e. The molecule has 0 saturated heterocycles. The molecule has 0 aliphatic heterocycles. The first-order chi connectivity index (χ1) is 9.79. The minimum atomic E-state index is -0.388. The van der Waals surface area contributed by atoms with E-state index in [1.807, 2.05) is 13.8 Å². The van der Waals surface area contributed by atoms with Crippen LogP contribution in [0.3, 0.4) is 0 Å². The Hall–Kier alpha value is -1.98. The van der Waals surface area contributed by atoms with E-state index in [2.05, 4.69) is 29.5 Å². The van der Waals surface area contributed by atoms with Crippen molar-refractivity contribution in [1.29, 1.82) is 0 Å². The normalized spacial score (nSPS) is 12.3. The van der Waals surface area contributed by atoms with Crippen LogP contribution in [0.5, 0.6) is 5.88 Å². The van der Waals surface area contributed by atoms with E-state index >= 15 is 0 Å². The first kappa shape index (κ1) is 17.1. The highest BCUT2D eigenvalue weighted by Crippen LogP contribution is 2.21. The Morgan fingerprint density at radius 2 is 1.95 bits per heavy atom. The Bertz CT molecular complexity index is 475. The molecule has 0 radical (unpaired) electrons. The summed E-state index contributed by atoms with van der Waals surface area (Å²) < 4.78 is 5.57. The van der Waals surface area contributed by atoms with Crippen LogP contribution in [0.4, 0.5) is 11.5 Å². The Labute approximate surface area is 126 Å². The number of amides is 1. The molecule has 1 atom stereocenters. The molecule has 4 N–H and O–H groups in total. The molecule has 0 spiro atoms. The van der Waals surface area contributed by atoms with Crippen LogP contribution in [0.1, 0.15) is 34.6 Å². The molecule has 1 heterocycles. The zero-order valence-electron chi connectivity index (χ0n) is 13.4. The standard InChI is InChI=1S/C15H26N4O2/c1-9(2)8-21-15-12(16)6-7-13(19-15)18-11(5)14(20)17-10(3)4/h6-7,9-11H,8,16H2,1-5H3,(H,17,20)(H,18,19). The van der Waals surface area contributed by atoms with E-state index in [9.17, 15) is 4.79 Å². The lowest BCUT2D eigenvalue weighted by Gasteiger charge is -2.17. The third kappa shape index (κ3) is 5.89. The van der Waals surface area contributed by atoms with Crippen molar-refractivity contribution in [3.63, 3.8) is 0 Å². The van der Waals surface area contributed by atoms with Gasteiger partial charge in [-0.2, -0.15) is 4.98 Å². The number of carbonyl (C=O) groups excluding carboxylic acids is 1. The molecular weight excluding hydrogens is 268 g/mol. The summed E-state index contributed by atoms with van der Waals surface area (Å²) in [7, 11) is 0. The summed E-state index contributed by atoms with van der Waals surface area (Å²) in [4.78, 5) is 16.2. The highest BCUT2D eigenvalue weighted by molar-refractivity contribution is 5.84. The monoisotopic (exact) mass is 294 g/mol. The Balaban J connectivity index is 2.71. The topological polar surface area (TPSA) is 89.3 Å². The molecule has 6 nitrogen and oxygen atoms in total. The molecular formula is C15H26N4O2. The summed E-state index contributed by atoms with van der Waals surface area (Å²) >= 11 is 0. The second-order valence-electron chi connectivity index (χ2n) is 5.83. The minimum absolute atomic E-state index is 0.0757. The van der Waals surface area contributed by atoms with Crippen molar-refractivity contribution in [3.05, 3.63) is 12.1 Å². The van der Waals surface area contributed by atoms with Gasteiger partial charge in [0, 0.05) is 6.04 Å². The number of pyridine rings is 1. The summed E-state index contributed by atoms with van der Waals surface area (Å²) in [6, 6.07) is 3.17. The predicted molar refractivity (Wildman–Crippen MR) is 85.3 cm³/mol. The fraction of sp³-hybridized carbons (Fsp3) is 0.600. The fourth-order valence-electron chi connectivity index (χ4n) is 1.59. The number of nitrogens with one attached hydrogen (secondary N) is 2. The lowest BCUT2D eigenvalue weighted by Crippen LogP contribution is -2.41. The molecule has 0 bridgehead atoms. The van der Waals surface area contributed by atoms with Crippen LogP contribution in [0.2, 0.25) is 0 Å². The van der Waals surface area contributed by atoms with E-state index in [0.717, 1.165) is 0 Å². The van der Waals surface area contributed by atoms with Crippen LogP contribution >= 0.6 is 0 Å². The van der Waals surface area contributed by atoms with Gasteiger partial charge < -0.3 is 21.1 Å². The highest BCUT2D eigenvalue weighted by Gasteiger charge is 2.14. The quantitative estimate of drug-likeness (QED) is 0.716. The van der Waals surface area contributed by atoms with Crippen LogP contribution in [-0.4, -0.2) is 29.6 Å². The number of hydrogen-bond donors (Lipinski definition) is 3. The lowest BCUT2D eigenvalue weighted by molar-refractivity contribution is -0.122. The van der Waals surface area contributed by atoms with Crippen LogP contribution in [0, 0.1) is 5.92 Å². The highest BCUT2D eigenvalue weighted by atomic mass is 16.5. The Morgan fingerprint density at radius 1 is 1.29 bits per heavy atom. The van der Waals surface area contributed by atoms with Crippen molar-refractivity contribution in [2.24, 2.45) is 5.92 Å². The van der Waals surface area contributed by atoms with Gasteiger partial charge in [0.15, 0.2) is 0 Å². The number of nitrogens with zero attached hydrogens (tertiary/aromatic N) is 1. The maximum atomic E-state index is 11.9. The molecule has 0 fully saturated rings. The van der Waals surface area contributed by atoms with E-state index in [0.29, 0.717) is 29.9 Å². The second kappa shape index (κ2) is 7.71. The maximum absolute atomic E-state index is 11.9. The number of ether oxygens (including phenoxy) is 1. The van der Waals surface area contributed by atoms with Crippen molar-refractivity contribution in [1.82, 2.24) is 10.3 Å². The van der Waals surface area contributed by atoms with Gasteiger partial charge in [-0.15, -0.1) is 0 Å². The van der Waals surface area contributed by atoms with Gasteiger partial charge in [-0.3, -0.25) is 4.79 Å². The zero-order valence-corrected chi connectivity index (χ0v) is 13.4. The molecule has 21 heavy (non-hydrogen) atoms. The summed E-state index contributed by atoms with van der Waals surface area (Å²) in [5.41, 5.74) is 6.32. The van der Waals surface area contributed by atoms with Gasteiger partial charge in [-0.25, -0.2) is 0 Å². The molecule has 0 aliphatic carbocycles. The van der Waals surface area contributed by atoms with Gasteiger partial charge in [-0.1, -0.05) is 13.8 Å². The van der Waals surface area contributed by atoms with Crippen LogP contribution in [0.15, 0.2) is 12.1 Å². The van der Waals surface area contributed by atoms with Gasteiger partial charge >= 0.3 is 0 Å². The fourth-order valence-corrected chi connectivity index (χ4v) is 1.59. The molecule has 1 rings (SSSR count). The van der Waals surface area contributed by atoms with Crippen molar-refractivity contribution in [3.8, 4) is 5.88 Å². The first-order valence-corrected chi connectivity index (χ1v) is 7.25. The molecule has 0 aromatic carbocycles. The molecule has 1 aromatic rings. The van der Waals surface area contributed by atoms with Gasteiger partial charge in [0.25, 0.3) is 0 Å². The van der Waals surface area contributed by atoms with Crippen LogP contribution < -0.4 is 21.1 Å². The molecule has 1 aromatic heterocycles. The zero-order chi connectivity index (χ0) is 16.0. The number of anilines is 2. The number of nitrogen functional groups attached to an aromatic ring is 1. The summed E-state index contributed by atoms with van der Waals surface area (Å²) in [5.74, 6) is 1.27.